The van der Waals surface area contributed by atoms with E-state index in [0.717, 1.165) is 17.7 Å². The molecule has 0 heterocycles. The van der Waals surface area contributed by atoms with Gasteiger partial charge in [-0.2, -0.15) is 0 Å². The van der Waals surface area contributed by atoms with Crippen LogP contribution in [0.25, 0.3) is 0 Å². The standard InChI is InChI=1S/C25H19BrCl2F2N2O2/c1-12(21-22(25(21,2)26)13-8-14(27)10-15(28)9-13)31-16-6-7-20(33)17(11-16)24(34)32-23-18(29)4-3-5-19(23)30/h3-11,21-22,31,33H,1H2,2H3,(H,32,34). The maximum Gasteiger partial charge on any atom is 0.259 e. The Kier molecular flexibility index (Phi) is 6.64. The van der Waals surface area contributed by atoms with Gasteiger partial charge in [-0.15, -0.1) is 0 Å². The van der Waals surface area contributed by atoms with Gasteiger partial charge in [-0.1, -0.05) is 51.8 Å². The van der Waals surface area contributed by atoms with Crippen molar-refractivity contribution in [1.82, 2.24) is 0 Å². The molecule has 9 heteroatoms. The molecule has 1 fully saturated rings. The fourth-order valence-electron chi connectivity index (χ4n) is 4.15. The van der Waals surface area contributed by atoms with Crippen LogP contribution in [0, 0.1) is 17.6 Å². The minimum atomic E-state index is -0.923. The first-order valence-corrected chi connectivity index (χ1v) is 11.7. The first-order chi connectivity index (χ1) is 16.0. The number of hydrogen-bond acceptors (Lipinski definition) is 3. The summed E-state index contributed by atoms with van der Waals surface area (Å²) in [6.07, 6.45) is 0. The third-order valence-corrected chi connectivity index (χ3v) is 7.23. The zero-order valence-electron chi connectivity index (χ0n) is 17.8. The number of amides is 1. The fraction of sp³-hybridized carbons (Fsp3) is 0.160. The molecule has 34 heavy (non-hydrogen) atoms. The Bertz CT molecular complexity index is 1280. The van der Waals surface area contributed by atoms with Gasteiger partial charge >= 0.3 is 0 Å². The summed E-state index contributed by atoms with van der Waals surface area (Å²) in [6, 6.07) is 12.9. The number of halogens is 5. The number of para-hydroxylation sites is 1. The van der Waals surface area contributed by atoms with Crippen LogP contribution in [0.4, 0.5) is 20.2 Å². The molecule has 4 rings (SSSR count). The highest BCUT2D eigenvalue weighted by molar-refractivity contribution is 9.10. The summed E-state index contributed by atoms with van der Waals surface area (Å²) in [7, 11) is 0. The van der Waals surface area contributed by atoms with Gasteiger partial charge in [-0.05, 0) is 61.0 Å². The predicted molar refractivity (Wildman–Crippen MR) is 135 cm³/mol. The predicted octanol–water partition coefficient (Wildman–Crippen LogP) is 7.72. The Morgan fingerprint density at radius 3 is 2.29 bits per heavy atom. The molecule has 0 aromatic heterocycles. The number of anilines is 2. The number of rotatable bonds is 6. The highest BCUT2D eigenvalue weighted by atomic mass is 79.9. The molecule has 1 aliphatic carbocycles. The SMILES string of the molecule is C=C(Nc1ccc(O)c(C(=O)Nc2c(F)cccc2F)c1)C1C(c2cc(Cl)cc(Cl)c2)C1(C)Br. The van der Waals surface area contributed by atoms with E-state index < -0.39 is 23.2 Å². The van der Waals surface area contributed by atoms with Gasteiger partial charge < -0.3 is 15.7 Å². The summed E-state index contributed by atoms with van der Waals surface area (Å²) in [5.74, 6) is -3.03. The molecule has 176 valence electrons. The summed E-state index contributed by atoms with van der Waals surface area (Å²) >= 11 is 16.1. The van der Waals surface area contributed by atoms with Crippen LogP contribution in [0.2, 0.25) is 10.0 Å². The second kappa shape index (κ2) is 9.21. The van der Waals surface area contributed by atoms with Gasteiger partial charge in [0.25, 0.3) is 5.91 Å². The lowest BCUT2D eigenvalue weighted by atomic mass is 10.1. The first kappa shape index (κ1) is 24.5. The minimum Gasteiger partial charge on any atom is -0.507 e. The molecular formula is C25H19BrCl2F2N2O2. The van der Waals surface area contributed by atoms with E-state index in [1.165, 1.54) is 18.2 Å². The van der Waals surface area contributed by atoms with Crippen LogP contribution in [0.1, 0.15) is 28.8 Å². The average molecular weight is 568 g/mol. The molecule has 0 radical (unpaired) electrons. The van der Waals surface area contributed by atoms with Crippen molar-refractivity contribution in [3.63, 3.8) is 0 Å². The molecule has 0 bridgehead atoms. The number of carbonyl (C=O) groups excluding carboxylic acids is 1. The number of alkyl halides is 1. The molecule has 0 aliphatic heterocycles. The average Bonchev–Trinajstić information content (AvgIpc) is 3.33. The van der Waals surface area contributed by atoms with Crippen LogP contribution in [-0.2, 0) is 0 Å². The molecule has 3 aromatic rings. The number of aromatic hydroxyl groups is 1. The van der Waals surface area contributed by atoms with E-state index >= 15 is 0 Å². The van der Waals surface area contributed by atoms with E-state index in [1.807, 2.05) is 19.1 Å². The number of hydrogen-bond donors (Lipinski definition) is 3. The van der Waals surface area contributed by atoms with Crippen LogP contribution in [0.3, 0.4) is 0 Å². The molecule has 0 spiro atoms. The molecule has 3 N–H and O–H groups in total. The van der Waals surface area contributed by atoms with Gasteiger partial charge in [0.05, 0.1) is 5.56 Å². The van der Waals surface area contributed by atoms with E-state index in [9.17, 15) is 18.7 Å². The molecule has 3 atom stereocenters. The van der Waals surface area contributed by atoms with Gasteiger partial charge in [0, 0.05) is 37.6 Å². The van der Waals surface area contributed by atoms with Crippen molar-refractivity contribution in [3.05, 3.63) is 99.7 Å². The third-order valence-electron chi connectivity index (χ3n) is 5.81. The Morgan fingerprint density at radius 1 is 1.06 bits per heavy atom. The number of benzene rings is 3. The number of carbonyl (C=O) groups is 1. The molecule has 3 aromatic carbocycles. The quantitative estimate of drug-likeness (QED) is 0.211. The van der Waals surface area contributed by atoms with Gasteiger partial charge in [-0.3, -0.25) is 4.79 Å². The normalized spacial score (nSPS) is 21.1. The van der Waals surface area contributed by atoms with Crippen molar-refractivity contribution in [1.29, 1.82) is 0 Å². The Hall–Kier alpha value is -2.61. The largest absolute Gasteiger partial charge is 0.507 e. The van der Waals surface area contributed by atoms with Gasteiger partial charge in [0.1, 0.15) is 23.1 Å². The highest BCUT2D eigenvalue weighted by Crippen LogP contribution is 2.66. The molecular weight excluding hydrogens is 549 g/mol. The van der Waals surface area contributed by atoms with Crippen molar-refractivity contribution in [2.75, 3.05) is 10.6 Å². The first-order valence-electron chi connectivity index (χ1n) is 10.2. The topological polar surface area (TPSA) is 61.4 Å². The Labute approximate surface area is 213 Å². The molecule has 1 amide bonds. The van der Waals surface area contributed by atoms with E-state index in [-0.39, 0.29) is 27.5 Å². The van der Waals surface area contributed by atoms with Gasteiger partial charge in [-0.25, -0.2) is 8.78 Å². The van der Waals surface area contributed by atoms with Crippen molar-refractivity contribution in [2.24, 2.45) is 5.92 Å². The van der Waals surface area contributed by atoms with Crippen LogP contribution in [0.15, 0.2) is 66.9 Å². The van der Waals surface area contributed by atoms with Crippen molar-refractivity contribution in [2.45, 2.75) is 17.2 Å². The lowest BCUT2D eigenvalue weighted by Crippen LogP contribution is -2.15. The molecule has 1 aliphatic rings. The second-order valence-electron chi connectivity index (χ2n) is 8.24. The van der Waals surface area contributed by atoms with Crippen molar-refractivity contribution < 1.29 is 18.7 Å². The molecule has 4 nitrogen and oxygen atoms in total. The van der Waals surface area contributed by atoms with Crippen LogP contribution in [-0.4, -0.2) is 15.3 Å². The fourth-order valence-corrected chi connectivity index (χ4v) is 5.63. The van der Waals surface area contributed by atoms with Crippen molar-refractivity contribution in [3.8, 4) is 5.75 Å². The number of phenolic OH excluding ortho intramolecular Hbond substituents is 1. The Morgan fingerprint density at radius 2 is 1.68 bits per heavy atom. The number of nitrogens with one attached hydrogen (secondary N) is 2. The molecule has 0 saturated heterocycles. The van der Waals surface area contributed by atoms with E-state index in [2.05, 4.69) is 33.1 Å². The number of phenols is 1. The molecule has 1 saturated carbocycles. The number of allylic oxidation sites excluding steroid dienone is 1. The highest BCUT2D eigenvalue weighted by Gasteiger charge is 2.61. The lowest BCUT2D eigenvalue weighted by Gasteiger charge is -2.13. The smallest absolute Gasteiger partial charge is 0.259 e. The van der Waals surface area contributed by atoms with E-state index in [1.54, 1.807) is 12.1 Å². The Balaban J connectivity index is 1.53. The summed E-state index contributed by atoms with van der Waals surface area (Å²) in [5, 5.41) is 16.6. The summed E-state index contributed by atoms with van der Waals surface area (Å²) in [6.45, 7) is 6.18. The minimum absolute atomic E-state index is 0.0272. The summed E-state index contributed by atoms with van der Waals surface area (Å²) in [5.41, 5.74) is 1.35. The second-order valence-corrected chi connectivity index (χ2v) is 10.8. The van der Waals surface area contributed by atoms with Crippen molar-refractivity contribution >= 4 is 56.4 Å². The zero-order chi connectivity index (χ0) is 24.8. The summed E-state index contributed by atoms with van der Waals surface area (Å²) in [4.78, 5) is 12.6. The van der Waals surface area contributed by atoms with Gasteiger partial charge in [0.15, 0.2) is 0 Å². The lowest BCUT2D eigenvalue weighted by molar-refractivity contribution is 0.102. The summed E-state index contributed by atoms with van der Waals surface area (Å²) < 4.78 is 27.5. The van der Waals surface area contributed by atoms with Gasteiger partial charge in [0.2, 0.25) is 0 Å². The van der Waals surface area contributed by atoms with Crippen LogP contribution in [0.5, 0.6) is 5.75 Å². The monoisotopic (exact) mass is 566 g/mol. The van der Waals surface area contributed by atoms with E-state index in [4.69, 9.17) is 23.2 Å². The van der Waals surface area contributed by atoms with E-state index in [0.29, 0.717) is 21.4 Å². The third kappa shape index (κ3) is 4.78. The molecule has 3 unspecified atom stereocenters. The maximum absolute atomic E-state index is 13.9. The van der Waals surface area contributed by atoms with Crippen LogP contribution >= 0.6 is 39.1 Å². The zero-order valence-corrected chi connectivity index (χ0v) is 20.9. The maximum atomic E-state index is 13.9. The van der Waals surface area contributed by atoms with Crippen LogP contribution < -0.4 is 10.6 Å².